The maximum Gasteiger partial charge on any atom is 0.427 e. The molecule has 0 bridgehead atoms. The van der Waals surface area contributed by atoms with E-state index >= 15 is 0 Å². The molecule has 0 unspecified atom stereocenters. The number of aryl methyl sites for hydroxylation is 2. The topological polar surface area (TPSA) is 50.7 Å². The zero-order valence-electron chi connectivity index (χ0n) is 10.1. The maximum atomic E-state index is 10.9. The molecule has 0 fully saturated rings. The standard InChI is InChI=1S/C13H16N2O2/c1-9(14-15-13(16)17-2)11-7-6-10-4-3-5-12(10)8-11/h6-8H,3-5H2,1-2H3,(H,15,16)/b14-9-. The minimum Gasteiger partial charge on any atom is -0.452 e. The molecule has 0 aromatic heterocycles. The summed E-state index contributed by atoms with van der Waals surface area (Å²) < 4.78 is 4.45. The molecule has 90 valence electrons. The summed E-state index contributed by atoms with van der Waals surface area (Å²) >= 11 is 0. The summed E-state index contributed by atoms with van der Waals surface area (Å²) in [5.41, 5.74) is 6.98. The molecular formula is C13H16N2O2. The molecule has 17 heavy (non-hydrogen) atoms. The molecule has 1 aliphatic rings. The molecular weight excluding hydrogens is 216 g/mol. The minimum atomic E-state index is -0.550. The van der Waals surface area contributed by atoms with E-state index < -0.39 is 6.09 Å². The van der Waals surface area contributed by atoms with Crippen molar-refractivity contribution in [2.75, 3.05) is 7.11 Å². The number of carbonyl (C=O) groups is 1. The predicted octanol–water partition coefficient (Wildman–Crippen LogP) is 2.26. The largest absolute Gasteiger partial charge is 0.452 e. The fraction of sp³-hybridized carbons (Fsp3) is 0.385. The molecule has 4 nitrogen and oxygen atoms in total. The molecule has 1 aromatic rings. The van der Waals surface area contributed by atoms with E-state index in [2.05, 4.69) is 27.4 Å². The highest BCUT2D eigenvalue weighted by molar-refractivity contribution is 5.99. The Balaban J connectivity index is 2.14. The summed E-state index contributed by atoms with van der Waals surface area (Å²) in [5, 5.41) is 3.98. The lowest BCUT2D eigenvalue weighted by Gasteiger charge is -2.05. The number of fused-ring (bicyclic) bond motifs is 1. The van der Waals surface area contributed by atoms with Gasteiger partial charge in [0.05, 0.1) is 12.8 Å². The number of carbonyl (C=O) groups excluding carboxylic acids is 1. The number of hydrogen-bond donors (Lipinski definition) is 1. The second kappa shape index (κ2) is 4.99. The molecule has 0 radical (unpaired) electrons. The number of nitrogens with zero attached hydrogens (tertiary/aromatic N) is 1. The van der Waals surface area contributed by atoms with E-state index in [1.54, 1.807) is 0 Å². The van der Waals surface area contributed by atoms with Gasteiger partial charge in [0.15, 0.2) is 0 Å². The number of methoxy groups -OCH3 is 1. The van der Waals surface area contributed by atoms with Crippen molar-refractivity contribution >= 4 is 11.8 Å². The van der Waals surface area contributed by atoms with Crippen molar-refractivity contribution in [2.24, 2.45) is 5.10 Å². The number of nitrogens with one attached hydrogen (secondary N) is 1. The van der Waals surface area contributed by atoms with Gasteiger partial charge in [0.25, 0.3) is 0 Å². The number of amides is 1. The van der Waals surface area contributed by atoms with Crippen LogP contribution in [-0.2, 0) is 17.6 Å². The predicted molar refractivity (Wildman–Crippen MR) is 66.2 cm³/mol. The Morgan fingerprint density at radius 1 is 1.35 bits per heavy atom. The highest BCUT2D eigenvalue weighted by Crippen LogP contribution is 2.22. The van der Waals surface area contributed by atoms with Crippen LogP contribution in [0.1, 0.15) is 30.0 Å². The zero-order valence-corrected chi connectivity index (χ0v) is 10.1. The lowest BCUT2D eigenvalue weighted by atomic mass is 10.0. The molecule has 0 saturated heterocycles. The molecule has 1 aliphatic carbocycles. The third-order valence-electron chi connectivity index (χ3n) is 3.02. The van der Waals surface area contributed by atoms with Crippen LogP contribution < -0.4 is 5.43 Å². The molecule has 0 saturated carbocycles. The van der Waals surface area contributed by atoms with Gasteiger partial charge in [0.1, 0.15) is 0 Å². The van der Waals surface area contributed by atoms with E-state index in [9.17, 15) is 4.79 Å². The van der Waals surface area contributed by atoms with Crippen LogP contribution in [0.15, 0.2) is 23.3 Å². The van der Waals surface area contributed by atoms with Gasteiger partial charge < -0.3 is 4.74 Å². The van der Waals surface area contributed by atoms with Gasteiger partial charge in [0, 0.05) is 0 Å². The molecule has 2 rings (SSSR count). The van der Waals surface area contributed by atoms with Gasteiger partial charge in [-0.3, -0.25) is 0 Å². The van der Waals surface area contributed by atoms with Crippen molar-refractivity contribution in [3.63, 3.8) is 0 Å². The zero-order chi connectivity index (χ0) is 12.3. The quantitative estimate of drug-likeness (QED) is 0.628. The lowest BCUT2D eigenvalue weighted by Crippen LogP contribution is -2.18. The molecule has 0 atom stereocenters. The van der Waals surface area contributed by atoms with Gasteiger partial charge in [-0.15, -0.1) is 0 Å². The van der Waals surface area contributed by atoms with Crippen LogP contribution in [0.4, 0.5) is 4.79 Å². The number of hydrogen-bond acceptors (Lipinski definition) is 3. The minimum absolute atomic E-state index is 0.550. The number of hydrazone groups is 1. The lowest BCUT2D eigenvalue weighted by molar-refractivity contribution is 0.171. The summed E-state index contributed by atoms with van der Waals surface area (Å²) in [6.45, 7) is 1.87. The van der Waals surface area contributed by atoms with Crippen molar-refractivity contribution in [2.45, 2.75) is 26.2 Å². The molecule has 0 aliphatic heterocycles. The third kappa shape index (κ3) is 2.64. The Bertz CT molecular complexity index is 466. The van der Waals surface area contributed by atoms with E-state index in [0.717, 1.165) is 17.7 Å². The molecule has 4 heteroatoms. The van der Waals surface area contributed by atoms with Crippen LogP contribution in [0.2, 0.25) is 0 Å². The SMILES string of the molecule is COC(=O)N/N=C(/C)c1ccc2c(c1)CCC2. The van der Waals surface area contributed by atoms with Crippen LogP contribution in [0, 0.1) is 0 Å². The molecule has 1 N–H and O–H groups in total. The summed E-state index contributed by atoms with van der Waals surface area (Å²) in [6, 6.07) is 6.34. The fourth-order valence-corrected chi connectivity index (χ4v) is 2.04. The van der Waals surface area contributed by atoms with Crippen LogP contribution >= 0.6 is 0 Å². The number of rotatable bonds is 2. The van der Waals surface area contributed by atoms with Crippen molar-refractivity contribution < 1.29 is 9.53 Å². The van der Waals surface area contributed by atoms with E-state index in [1.807, 2.05) is 13.0 Å². The van der Waals surface area contributed by atoms with E-state index in [1.165, 1.54) is 31.1 Å². The first-order valence-corrected chi connectivity index (χ1v) is 5.71. The summed E-state index contributed by atoms with van der Waals surface area (Å²) in [5.74, 6) is 0. The van der Waals surface area contributed by atoms with Crippen molar-refractivity contribution in [3.05, 3.63) is 34.9 Å². The molecule has 1 aromatic carbocycles. The number of benzene rings is 1. The van der Waals surface area contributed by atoms with Gasteiger partial charge in [-0.05, 0) is 48.9 Å². The first-order valence-electron chi connectivity index (χ1n) is 5.71. The van der Waals surface area contributed by atoms with Gasteiger partial charge in [-0.1, -0.05) is 12.1 Å². The fourth-order valence-electron chi connectivity index (χ4n) is 2.04. The molecule has 0 heterocycles. The van der Waals surface area contributed by atoms with E-state index in [4.69, 9.17) is 0 Å². The van der Waals surface area contributed by atoms with Crippen LogP contribution in [0.3, 0.4) is 0 Å². The van der Waals surface area contributed by atoms with Crippen LogP contribution in [0.25, 0.3) is 0 Å². The summed E-state index contributed by atoms with van der Waals surface area (Å²) in [6.07, 6.45) is 2.99. The first-order chi connectivity index (χ1) is 8.20. The smallest absolute Gasteiger partial charge is 0.427 e. The second-order valence-corrected chi connectivity index (χ2v) is 4.14. The first kappa shape index (κ1) is 11.6. The average Bonchev–Trinajstić information content (AvgIpc) is 2.82. The second-order valence-electron chi connectivity index (χ2n) is 4.14. The van der Waals surface area contributed by atoms with Crippen molar-refractivity contribution in [1.82, 2.24) is 5.43 Å². The van der Waals surface area contributed by atoms with Gasteiger partial charge in [-0.2, -0.15) is 5.10 Å². The Morgan fingerprint density at radius 2 is 2.12 bits per heavy atom. The highest BCUT2D eigenvalue weighted by atomic mass is 16.5. The monoisotopic (exact) mass is 232 g/mol. The maximum absolute atomic E-state index is 10.9. The van der Waals surface area contributed by atoms with Crippen molar-refractivity contribution in [1.29, 1.82) is 0 Å². The van der Waals surface area contributed by atoms with E-state index in [-0.39, 0.29) is 0 Å². The molecule has 0 spiro atoms. The third-order valence-corrected chi connectivity index (χ3v) is 3.02. The normalized spacial score (nSPS) is 14.4. The van der Waals surface area contributed by atoms with Crippen LogP contribution in [-0.4, -0.2) is 18.9 Å². The van der Waals surface area contributed by atoms with Gasteiger partial charge in [-0.25, -0.2) is 10.2 Å². The Kier molecular flexibility index (Phi) is 3.42. The van der Waals surface area contributed by atoms with Crippen molar-refractivity contribution in [3.8, 4) is 0 Å². The average molecular weight is 232 g/mol. The van der Waals surface area contributed by atoms with Crippen LogP contribution in [0.5, 0.6) is 0 Å². The Hall–Kier alpha value is -1.84. The Morgan fingerprint density at radius 3 is 2.88 bits per heavy atom. The summed E-state index contributed by atoms with van der Waals surface area (Å²) in [4.78, 5) is 10.9. The van der Waals surface area contributed by atoms with Gasteiger partial charge in [0.2, 0.25) is 0 Å². The van der Waals surface area contributed by atoms with E-state index in [0.29, 0.717) is 0 Å². The van der Waals surface area contributed by atoms with Gasteiger partial charge >= 0.3 is 6.09 Å². The highest BCUT2D eigenvalue weighted by Gasteiger charge is 2.11. The molecule has 1 amide bonds. The summed E-state index contributed by atoms with van der Waals surface area (Å²) in [7, 11) is 1.32. The Labute approximate surface area is 101 Å². The number of ether oxygens (including phenoxy) is 1.